The zero-order valence-corrected chi connectivity index (χ0v) is 9.11. The lowest BCUT2D eigenvalue weighted by Crippen LogP contribution is -2.18. The molecule has 1 aromatic heterocycles. The van der Waals surface area contributed by atoms with Crippen LogP contribution in [0.25, 0.3) is 10.9 Å². The van der Waals surface area contributed by atoms with Gasteiger partial charge in [0.15, 0.2) is 11.5 Å². The Morgan fingerprint density at radius 3 is 2.81 bits per heavy atom. The summed E-state index contributed by atoms with van der Waals surface area (Å²) < 4.78 is 11.7. The van der Waals surface area contributed by atoms with Gasteiger partial charge in [-0.3, -0.25) is 9.36 Å². The van der Waals surface area contributed by atoms with Gasteiger partial charge in [-0.2, -0.15) is 0 Å². The molecule has 0 atom stereocenters. The van der Waals surface area contributed by atoms with Gasteiger partial charge in [0.1, 0.15) is 0 Å². The minimum Gasteiger partial charge on any atom is -0.454 e. The van der Waals surface area contributed by atoms with E-state index in [1.807, 2.05) is 0 Å². The molecule has 0 aliphatic carbocycles. The Balaban J connectivity index is 2.45. The lowest BCUT2D eigenvalue weighted by molar-refractivity contribution is 0.174. The second-order valence-electron chi connectivity index (χ2n) is 3.47. The van der Waals surface area contributed by atoms with Crippen molar-refractivity contribution in [2.75, 3.05) is 6.79 Å². The summed E-state index contributed by atoms with van der Waals surface area (Å²) in [6, 6.07) is 3.29. The van der Waals surface area contributed by atoms with E-state index in [0.717, 1.165) is 0 Å². The number of aromatic nitrogens is 2. The molecule has 0 fully saturated rings. The Labute approximate surface area is 95.2 Å². The van der Waals surface area contributed by atoms with Crippen molar-refractivity contribution in [2.45, 2.75) is 0 Å². The van der Waals surface area contributed by atoms with Gasteiger partial charge in [0.05, 0.1) is 10.9 Å². The van der Waals surface area contributed by atoms with E-state index >= 15 is 0 Å². The summed E-state index contributed by atoms with van der Waals surface area (Å²) in [6.45, 7) is 0.166. The fourth-order valence-electron chi connectivity index (χ4n) is 1.63. The zero-order valence-electron chi connectivity index (χ0n) is 8.36. The predicted octanol–water partition coefficient (Wildman–Crippen LogP) is 1.32. The highest BCUT2D eigenvalue weighted by atomic mass is 35.5. The van der Waals surface area contributed by atoms with Crippen LogP contribution in [0, 0.1) is 0 Å². The first-order chi connectivity index (χ1) is 7.66. The lowest BCUT2D eigenvalue weighted by atomic mass is 10.2. The summed E-state index contributed by atoms with van der Waals surface area (Å²) >= 11 is 5.82. The van der Waals surface area contributed by atoms with E-state index in [1.54, 1.807) is 19.2 Å². The maximum atomic E-state index is 11.9. The van der Waals surface area contributed by atoms with Gasteiger partial charge >= 0.3 is 0 Å². The molecule has 0 radical (unpaired) electrons. The third-order valence-corrected chi connectivity index (χ3v) is 2.85. The van der Waals surface area contributed by atoms with Crippen molar-refractivity contribution in [1.82, 2.24) is 9.55 Å². The lowest BCUT2D eigenvalue weighted by Gasteiger charge is -2.04. The summed E-state index contributed by atoms with van der Waals surface area (Å²) in [4.78, 5) is 16.0. The van der Waals surface area contributed by atoms with Crippen LogP contribution in [0.5, 0.6) is 11.5 Å². The van der Waals surface area contributed by atoms with Crippen LogP contribution >= 0.6 is 11.6 Å². The Bertz CT molecular complexity index is 651. The molecule has 0 saturated carbocycles. The molecule has 2 aromatic rings. The van der Waals surface area contributed by atoms with Gasteiger partial charge in [-0.15, -0.1) is 0 Å². The zero-order chi connectivity index (χ0) is 11.3. The molecule has 3 rings (SSSR count). The maximum absolute atomic E-state index is 11.9. The molecule has 6 heteroatoms. The topological polar surface area (TPSA) is 53.4 Å². The number of hydrogen-bond donors (Lipinski definition) is 0. The monoisotopic (exact) mass is 238 g/mol. The van der Waals surface area contributed by atoms with E-state index in [9.17, 15) is 4.79 Å². The van der Waals surface area contributed by atoms with Gasteiger partial charge in [0, 0.05) is 13.1 Å². The summed E-state index contributed by atoms with van der Waals surface area (Å²) in [6.07, 6.45) is 0. The van der Waals surface area contributed by atoms with E-state index in [2.05, 4.69) is 4.98 Å². The van der Waals surface area contributed by atoms with Gasteiger partial charge in [-0.1, -0.05) is 0 Å². The smallest absolute Gasteiger partial charge is 0.262 e. The molecule has 0 bridgehead atoms. The first-order valence-electron chi connectivity index (χ1n) is 4.63. The van der Waals surface area contributed by atoms with Crippen molar-refractivity contribution >= 4 is 22.5 Å². The molecule has 0 saturated heterocycles. The Morgan fingerprint density at radius 1 is 1.38 bits per heavy atom. The SMILES string of the molecule is Cn1c(Cl)nc2cc3c(cc2c1=O)OCO3. The highest BCUT2D eigenvalue weighted by Gasteiger charge is 2.17. The van der Waals surface area contributed by atoms with Gasteiger partial charge in [0.2, 0.25) is 12.1 Å². The Morgan fingerprint density at radius 2 is 2.06 bits per heavy atom. The fraction of sp³-hybridized carbons (Fsp3) is 0.200. The molecular weight excluding hydrogens is 232 g/mol. The van der Waals surface area contributed by atoms with E-state index in [0.29, 0.717) is 22.4 Å². The minimum atomic E-state index is -0.201. The number of nitrogens with zero attached hydrogens (tertiary/aromatic N) is 2. The molecule has 1 aliphatic heterocycles. The number of benzene rings is 1. The van der Waals surface area contributed by atoms with Crippen LogP contribution < -0.4 is 15.0 Å². The van der Waals surface area contributed by atoms with Gasteiger partial charge in [0.25, 0.3) is 5.56 Å². The van der Waals surface area contributed by atoms with Gasteiger partial charge in [-0.25, -0.2) is 4.98 Å². The third kappa shape index (κ3) is 1.18. The highest BCUT2D eigenvalue weighted by Crippen LogP contribution is 2.34. The average Bonchev–Trinajstić information content (AvgIpc) is 2.71. The van der Waals surface area contributed by atoms with Crippen LogP contribution in [-0.4, -0.2) is 16.3 Å². The quantitative estimate of drug-likeness (QED) is 0.650. The summed E-state index contributed by atoms with van der Waals surface area (Å²) in [7, 11) is 1.57. The third-order valence-electron chi connectivity index (χ3n) is 2.52. The van der Waals surface area contributed by atoms with Crippen molar-refractivity contribution in [3.8, 4) is 11.5 Å². The summed E-state index contributed by atoms with van der Waals surface area (Å²) in [5.41, 5.74) is 0.311. The fourth-order valence-corrected chi connectivity index (χ4v) is 1.80. The van der Waals surface area contributed by atoms with Crippen molar-refractivity contribution in [3.63, 3.8) is 0 Å². The second-order valence-corrected chi connectivity index (χ2v) is 3.81. The van der Waals surface area contributed by atoms with Crippen LogP contribution in [0.1, 0.15) is 0 Å². The molecule has 16 heavy (non-hydrogen) atoms. The molecular formula is C10H7ClN2O3. The van der Waals surface area contributed by atoms with Gasteiger partial charge < -0.3 is 9.47 Å². The molecule has 5 nitrogen and oxygen atoms in total. The number of hydrogen-bond acceptors (Lipinski definition) is 4. The number of fused-ring (bicyclic) bond motifs is 2. The van der Waals surface area contributed by atoms with Gasteiger partial charge in [-0.05, 0) is 17.7 Å². The first-order valence-corrected chi connectivity index (χ1v) is 5.00. The molecule has 0 spiro atoms. The predicted molar refractivity (Wildman–Crippen MR) is 58.1 cm³/mol. The molecule has 1 aromatic carbocycles. The van der Waals surface area contributed by atoms with Crippen LogP contribution in [0.3, 0.4) is 0 Å². The molecule has 1 aliphatic rings. The standard InChI is InChI=1S/C10H7ClN2O3/c1-13-9(14)5-2-7-8(16-4-15-7)3-6(5)12-10(13)11/h2-3H,4H2,1H3. The largest absolute Gasteiger partial charge is 0.454 e. The highest BCUT2D eigenvalue weighted by molar-refractivity contribution is 6.28. The molecule has 2 heterocycles. The van der Waals surface area contributed by atoms with Crippen LogP contribution in [-0.2, 0) is 7.05 Å². The van der Waals surface area contributed by atoms with E-state index < -0.39 is 0 Å². The first kappa shape index (κ1) is 9.47. The molecule has 0 amide bonds. The number of rotatable bonds is 0. The Hall–Kier alpha value is -1.75. The van der Waals surface area contributed by atoms with Crippen LogP contribution in [0.15, 0.2) is 16.9 Å². The van der Waals surface area contributed by atoms with E-state index in [1.165, 1.54) is 4.57 Å². The average molecular weight is 239 g/mol. The van der Waals surface area contributed by atoms with Crippen molar-refractivity contribution in [1.29, 1.82) is 0 Å². The normalized spacial score (nSPS) is 13.4. The summed E-state index contributed by atoms with van der Waals surface area (Å²) in [5, 5.41) is 0.618. The Kier molecular flexibility index (Phi) is 1.85. The van der Waals surface area contributed by atoms with Crippen molar-refractivity contribution in [3.05, 3.63) is 27.8 Å². The summed E-state index contributed by atoms with van der Waals surface area (Å²) in [5.74, 6) is 1.15. The minimum absolute atomic E-state index is 0.149. The molecule has 0 unspecified atom stereocenters. The maximum Gasteiger partial charge on any atom is 0.262 e. The van der Waals surface area contributed by atoms with E-state index in [-0.39, 0.29) is 17.6 Å². The van der Waals surface area contributed by atoms with Crippen LogP contribution in [0.2, 0.25) is 5.28 Å². The second kappa shape index (κ2) is 3.12. The number of halogens is 1. The molecule has 82 valence electrons. The molecule has 0 N–H and O–H groups in total. The van der Waals surface area contributed by atoms with Crippen molar-refractivity contribution < 1.29 is 9.47 Å². The van der Waals surface area contributed by atoms with Crippen LogP contribution in [0.4, 0.5) is 0 Å². The number of ether oxygens (including phenoxy) is 2. The van der Waals surface area contributed by atoms with Crippen molar-refractivity contribution in [2.24, 2.45) is 7.05 Å². The van der Waals surface area contributed by atoms with E-state index in [4.69, 9.17) is 21.1 Å².